The molecule has 2 unspecified atom stereocenters. The number of rotatable bonds is 1. The molecule has 74 valence electrons. The molecule has 0 spiro atoms. The van der Waals surface area contributed by atoms with Gasteiger partial charge in [0.15, 0.2) is 0 Å². The summed E-state index contributed by atoms with van der Waals surface area (Å²) in [6.07, 6.45) is 4.05. The lowest BCUT2D eigenvalue weighted by atomic mass is 10.0. The molecule has 2 aliphatic rings. The first-order valence-corrected chi connectivity index (χ1v) is 6.44. The molecule has 2 atom stereocenters. The van der Waals surface area contributed by atoms with Gasteiger partial charge in [-0.3, -0.25) is 0 Å². The largest absolute Gasteiger partial charge is 0.0836 e. The van der Waals surface area contributed by atoms with E-state index in [1.165, 1.54) is 19.3 Å². The summed E-state index contributed by atoms with van der Waals surface area (Å²) in [5.41, 5.74) is 4.69. The van der Waals surface area contributed by atoms with Crippen molar-refractivity contribution in [3.63, 3.8) is 0 Å². The van der Waals surface area contributed by atoms with E-state index in [4.69, 9.17) is 0 Å². The number of hydrogen-bond acceptors (Lipinski definition) is 0. The second-order valence-corrected chi connectivity index (χ2v) is 5.80. The second-order valence-electron chi connectivity index (χ2n) is 4.82. The van der Waals surface area contributed by atoms with Crippen LogP contribution in [0.1, 0.15) is 47.2 Å². The Labute approximate surface area is 93.8 Å². The molecule has 3 rings (SSSR count). The molecular weight excluding hydrogens is 236 g/mol. The summed E-state index contributed by atoms with van der Waals surface area (Å²) in [5, 5.41) is 0. The molecule has 1 aromatic carbocycles. The number of benzene rings is 1. The minimum absolute atomic E-state index is 0.594. The van der Waals surface area contributed by atoms with E-state index in [0.717, 1.165) is 11.8 Å². The zero-order valence-corrected chi connectivity index (χ0v) is 10.0. The van der Waals surface area contributed by atoms with Crippen LogP contribution in [0.4, 0.5) is 0 Å². The van der Waals surface area contributed by atoms with Gasteiger partial charge in [0.1, 0.15) is 0 Å². The fourth-order valence-corrected chi connectivity index (χ4v) is 3.10. The highest BCUT2D eigenvalue weighted by atomic mass is 79.9. The van der Waals surface area contributed by atoms with Gasteiger partial charge in [0.2, 0.25) is 0 Å². The van der Waals surface area contributed by atoms with Gasteiger partial charge in [-0.25, -0.2) is 0 Å². The standard InChI is InChI=1S/C13H15Br/c1-8-6-11-5-4-10(9-2-3-9)7-12(11)13(8)14/h4-5,7-9,13H,2-3,6H2,1H3. The van der Waals surface area contributed by atoms with Crippen LogP contribution in [-0.4, -0.2) is 0 Å². The fraction of sp³-hybridized carbons (Fsp3) is 0.538. The van der Waals surface area contributed by atoms with Crippen molar-refractivity contribution in [3.8, 4) is 0 Å². The Morgan fingerprint density at radius 3 is 2.79 bits per heavy atom. The molecule has 1 aromatic rings. The van der Waals surface area contributed by atoms with Gasteiger partial charge in [-0.15, -0.1) is 0 Å². The Balaban J connectivity index is 2.02. The van der Waals surface area contributed by atoms with Crippen LogP contribution in [0, 0.1) is 5.92 Å². The second kappa shape index (κ2) is 3.10. The molecule has 0 aromatic heterocycles. The highest BCUT2D eigenvalue weighted by Gasteiger charge is 2.30. The van der Waals surface area contributed by atoms with Crippen molar-refractivity contribution in [2.24, 2.45) is 5.92 Å². The van der Waals surface area contributed by atoms with E-state index in [-0.39, 0.29) is 0 Å². The number of alkyl halides is 1. The molecule has 0 nitrogen and oxygen atoms in total. The van der Waals surface area contributed by atoms with Crippen molar-refractivity contribution < 1.29 is 0 Å². The van der Waals surface area contributed by atoms with Gasteiger partial charge >= 0.3 is 0 Å². The minimum atomic E-state index is 0.594. The van der Waals surface area contributed by atoms with Crippen LogP contribution >= 0.6 is 15.9 Å². The van der Waals surface area contributed by atoms with Crippen molar-refractivity contribution in [1.29, 1.82) is 0 Å². The summed E-state index contributed by atoms with van der Waals surface area (Å²) in [7, 11) is 0. The number of hydrogen-bond donors (Lipinski definition) is 0. The number of halogens is 1. The van der Waals surface area contributed by atoms with Crippen molar-refractivity contribution in [2.45, 2.75) is 36.9 Å². The van der Waals surface area contributed by atoms with Crippen LogP contribution in [0.25, 0.3) is 0 Å². The zero-order valence-electron chi connectivity index (χ0n) is 8.46. The lowest BCUT2D eigenvalue weighted by Crippen LogP contribution is -1.94. The lowest BCUT2D eigenvalue weighted by molar-refractivity contribution is 0.622. The smallest absolute Gasteiger partial charge is 0.0426 e. The first kappa shape index (κ1) is 8.96. The lowest BCUT2D eigenvalue weighted by Gasteiger charge is -2.08. The monoisotopic (exact) mass is 250 g/mol. The number of fused-ring (bicyclic) bond motifs is 1. The Morgan fingerprint density at radius 2 is 2.07 bits per heavy atom. The molecule has 0 N–H and O–H groups in total. The van der Waals surface area contributed by atoms with Gasteiger partial charge in [-0.2, -0.15) is 0 Å². The van der Waals surface area contributed by atoms with E-state index in [9.17, 15) is 0 Å². The van der Waals surface area contributed by atoms with Crippen LogP contribution in [-0.2, 0) is 6.42 Å². The molecule has 1 saturated carbocycles. The Morgan fingerprint density at radius 1 is 1.29 bits per heavy atom. The molecule has 0 bridgehead atoms. The fourth-order valence-electron chi connectivity index (χ4n) is 2.48. The van der Waals surface area contributed by atoms with Gasteiger partial charge in [0, 0.05) is 4.83 Å². The van der Waals surface area contributed by atoms with Crippen LogP contribution in [0.5, 0.6) is 0 Å². The molecule has 14 heavy (non-hydrogen) atoms. The minimum Gasteiger partial charge on any atom is -0.0836 e. The zero-order chi connectivity index (χ0) is 9.71. The molecular formula is C13H15Br. The van der Waals surface area contributed by atoms with Gasteiger partial charge in [-0.1, -0.05) is 41.1 Å². The summed E-state index contributed by atoms with van der Waals surface area (Å²) >= 11 is 3.81. The quantitative estimate of drug-likeness (QED) is 0.656. The van der Waals surface area contributed by atoms with E-state index in [2.05, 4.69) is 41.1 Å². The first-order valence-electron chi connectivity index (χ1n) is 5.52. The molecule has 0 aliphatic heterocycles. The van der Waals surface area contributed by atoms with Crippen molar-refractivity contribution in [3.05, 3.63) is 34.9 Å². The van der Waals surface area contributed by atoms with Crippen LogP contribution < -0.4 is 0 Å². The molecule has 0 heterocycles. The Hall–Kier alpha value is -0.300. The topological polar surface area (TPSA) is 0 Å². The normalized spacial score (nSPS) is 30.4. The average Bonchev–Trinajstić information content (AvgIpc) is 2.97. The molecule has 2 aliphatic carbocycles. The third kappa shape index (κ3) is 1.33. The Kier molecular flexibility index (Phi) is 1.98. The summed E-state index contributed by atoms with van der Waals surface area (Å²) in [6, 6.07) is 7.13. The van der Waals surface area contributed by atoms with Gasteiger partial charge in [0.25, 0.3) is 0 Å². The molecule has 1 heteroatoms. The summed E-state index contributed by atoms with van der Waals surface area (Å²) < 4.78 is 0. The van der Waals surface area contributed by atoms with Crippen LogP contribution in [0.15, 0.2) is 18.2 Å². The highest BCUT2D eigenvalue weighted by molar-refractivity contribution is 9.09. The summed E-state index contributed by atoms with van der Waals surface area (Å²) in [4.78, 5) is 0.594. The maximum Gasteiger partial charge on any atom is 0.0426 e. The maximum absolute atomic E-state index is 3.81. The maximum atomic E-state index is 3.81. The highest BCUT2D eigenvalue weighted by Crippen LogP contribution is 2.46. The van der Waals surface area contributed by atoms with E-state index in [0.29, 0.717) is 4.83 Å². The first-order chi connectivity index (χ1) is 6.75. The van der Waals surface area contributed by atoms with Crippen molar-refractivity contribution in [2.75, 3.05) is 0 Å². The predicted molar refractivity (Wildman–Crippen MR) is 63.0 cm³/mol. The summed E-state index contributed by atoms with van der Waals surface area (Å²) in [5.74, 6) is 1.65. The molecule has 0 radical (unpaired) electrons. The van der Waals surface area contributed by atoms with Crippen LogP contribution in [0.3, 0.4) is 0 Å². The van der Waals surface area contributed by atoms with Gasteiger partial charge < -0.3 is 0 Å². The van der Waals surface area contributed by atoms with Crippen molar-refractivity contribution in [1.82, 2.24) is 0 Å². The molecule has 0 saturated heterocycles. The third-order valence-electron chi connectivity index (χ3n) is 3.56. The predicted octanol–water partition coefficient (Wildman–Crippen LogP) is 4.19. The van der Waals surface area contributed by atoms with Gasteiger partial charge in [-0.05, 0) is 47.8 Å². The van der Waals surface area contributed by atoms with Crippen LogP contribution in [0.2, 0.25) is 0 Å². The Bertz CT molecular complexity index is 365. The van der Waals surface area contributed by atoms with E-state index < -0.39 is 0 Å². The molecule has 1 fully saturated rings. The third-order valence-corrected chi connectivity index (χ3v) is 4.95. The van der Waals surface area contributed by atoms with Gasteiger partial charge in [0.05, 0.1) is 0 Å². The SMILES string of the molecule is CC1Cc2ccc(C3CC3)cc2C1Br. The molecule has 0 amide bonds. The average molecular weight is 251 g/mol. The van der Waals surface area contributed by atoms with E-state index in [1.807, 2.05) is 0 Å². The van der Waals surface area contributed by atoms with E-state index >= 15 is 0 Å². The van der Waals surface area contributed by atoms with Crippen molar-refractivity contribution >= 4 is 15.9 Å². The van der Waals surface area contributed by atoms with E-state index in [1.54, 1.807) is 16.7 Å². The summed E-state index contributed by atoms with van der Waals surface area (Å²) in [6.45, 7) is 2.33.